The van der Waals surface area contributed by atoms with Gasteiger partial charge in [0.15, 0.2) is 11.6 Å². The van der Waals surface area contributed by atoms with Crippen LogP contribution in [-0.4, -0.2) is 20.4 Å². The maximum atomic E-state index is 13.7. The van der Waals surface area contributed by atoms with Gasteiger partial charge in [-0.1, -0.05) is 0 Å². The zero-order valence-electron chi connectivity index (χ0n) is 10.4. The summed E-state index contributed by atoms with van der Waals surface area (Å²) in [6, 6.07) is 4.46. The van der Waals surface area contributed by atoms with Gasteiger partial charge in [0.05, 0.1) is 5.69 Å². The molecule has 1 aromatic heterocycles. The van der Waals surface area contributed by atoms with Gasteiger partial charge < -0.3 is 5.73 Å². The largest absolute Gasteiger partial charge is 0.399 e. The highest BCUT2D eigenvalue weighted by Gasteiger charge is 2.27. The Morgan fingerprint density at radius 2 is 1.80 bits per heavy atom. The van der Waals surface area contributed by atoms with Gasteiger partial charge >= 0.3 is 0 Å². The Hall–Kier alpha value is -2.22. The molecule has 0 radical (unpaired) electrons. The molecule has 1 aromatic carbocycles. The number of hydrogen-bond acceptors (Lipinski definition) is 4. The first kappa shape index (κ1) is 14.2. The van der Waals surface area contributed by atoms with Gasteiger partial charge in [-0.2, -0.15) is 0 Å². The SMILES string of the molecule is CN(c1ccncc1)S(=O)(=O)c1cc(N)cc(F)c1F. The van der Waals surface area contributed by atoms with E-state index in [4.69, 9.17) is 5.73 Å². The van der Waals surface area contributed by atoms with E-state index in [-0.39, 0.29) is 11.4 Å². The first-order valence-electron chi connectivity index (χ1n) is 5.47. The quantitative estimate of drug-likeness (QED) is 0.876. The topological polar surface area (TPSA) is 76.3 Å². The zero-order chi connectivity index (χ0) is 14.9. The van der Waals surface area contributed by atoms with Crippen LogP contribution >= 0.6 is 0 Å². The lowest BCUT2D eigenvalue weighted by Gasteiger charge is -2.19. The number of sulfonamides is 1. The van der Waals surface area contributed by atoms with Crippen LogP contribution in [0.4, 0.5) is 20.2 Å². The summed E-state index contributed by atoms with van der Waals surface area (Å²) in [6.45, 7) is 0. The molecule has 0 atom stereocenters. The Kier molecular flexibility index (Phi) is 3.58. The minimum Gasteiger partial charge on any atom is -0.399 e. The summed E-state index contributed by atoms with van der Waals surface area (Å²) in [5.74, 6) is -2.77. The lowest BCUT2D eigenvalue weighted by Crippen LogP contribution is -2.27. The van der Waals surface area contributed by atoms with Gasteiger partial charge in [-0.05, 0) is 24.3 Å². The third-order valence-electron chi connectivity index (χ3n) is 2.68. The molecule has 0 spiro atoms. The molecule has 2 aromatic rings. The van der Waals surface area contributed by atoms with Crippen molar-refractivity contribution >= 4 is 21.4 Å². The second kappa shape index (κ2) is 5.04. The van der Waals surface area contributed by atoms with Crippen LogP contribution in [-0.2, 0) is 10.0 Å². The zero-order valence-corrected chi connectivity index (χ0v) is 11.2. The van der Waals surface area contributed by atoms with E-state index >= 15 is 0 Å². The number of anilines is 2. The highest BCUT2D eigenvalue weighted by atomic mass is 32.2. The smallest absolute Gasteiger partial charge is 0.267 e. The van der Waals surface area contributed by atoms with Crippen molar-refractivity contribution in [1.29, 1.82) is 0 Å². The molecule has 0 amide bonds. The molecule has 0 saturated carbocycles. The molecule has 0 bridgehead atoms. The monoisotopic (exact) mass is 299 g/mol. The van der Waals surface area contributed by atoms with E-state index in [9.17, 15) is 17.2 Å². The molecule has 20 heavy (non-hydrogen) atoms. The normalized spacial score (nSPS) is 11.3. The van der Waals surface area contributed by atoms with Crippen molar-refractivity contribution in [3.63, 3.8) is 0 Å². The lowest BCUT2D eigenvalue weighted by atomic mass is 10.3. The first-order valence-corrected chi connectivity index (χ1v) is 6.91. The fourth-order valence-corrected chi connectivity index (χ4v) is 2.92. The van der Waals surface area contributed by atoms with Crippen molar-refractivity contribution in [2.24, 2.45) is 0 Å². The molecule has 0 aliphatic carbocycles. The van der Waals surface area contributed by atoms with E-state index in [1.807, 2.05) is 0 Å². The van der Waals surface area contributed by atoms with Crippen molar-refractivity contribution in [1.82, 2.24) is 4.98 Å². The number of halogens is 2. The van der Waals surface area contributed by atoms with Crippen molar-refractivity contribution in [3.8, 4) is 0 Å². The van der Waals surface area contributed by atoms with Crippen LogP contribution in [0.3, 0.4) is 0 Å². The minimum atomic E-state index is -4.26. The summed E-state index contributed by atoms with van der Waals surface area (Å²) in [6.07, 6.45) is 2.77. The molecule has 0 aliphatic rings. The number of nitrogens with two attached hydrogens (primary N) is 1. The molecule has 0 fully saturated rings. The molecule has 0 unspecified atom stereocenters. The van der Waals surface area contributed by atoms with Gasteiger partial charge in [0.2, 0.25) is 0 Å². The Morgan fingerprint density at radius 3 is 2.40 bits per heavy atom. The molecule has 8 heteroatoms. The van der Waals surface area contributed by atoms with E-state index in [0.29, 0.717) is 0 Å². The van der Waals surface area contributed by atoms with Crippen LogP contribution in [0.15, 0.2) is 41.6 Å². The number of nitrogen functional groups attached to an aromatic ring is 1. The summed E-state index contributed by atoms with van der Waals surface area (Å²) in [7, 11) is -3.03. The second-order valence-electron chi connectivity index (χ2n) is 3.99. The van der Waals surface area contributed by atoms with Crippen LogP contribution in [0.5, 0.6) is 0 Å². The van der Waals surface area contributed by atoms with Crippen molar-refractivity contribution in [2.45, 2.75) is 4.90 Å². The van der Waals surface area contributed by atoms with E-state index in [0.717, 1.165) is 16.4 Å². The number of rotatable bonds is 3. The Morgan fingerprint density at radius 1 is 1.20 bits per heavy atom. The molecule has 0 saturated heterocycles. The van der Waals surface area contributed by atoms with Crippen LogP contribution < -0.4 is 10.0 Å². The molecule has 1 heterocycles. The summed E-state index contributed by atoms with van der Waals surface area (Å²) in [4.78, 5) is 2.94. The van der Waals surface area contributed by atoms with Gasteiger partial charge in [0.25, 0.3) is 10.0 Å². The first-order chi connectivity index (χ1) is 9.34. The van der Waals surface area contributed by atoms with Crippen LogP contribution in [0.2, 0.25) is 0 Å². The number of nitrogens with zero attached hydrogens (tertiary/aromatic N) is 2. The van der Waals surface area contributed by atoms with Gasteiger partial charge in [0, 0.05) is 25.1 Å². The number of benzene rings is 1. The third kappa shape index (κ3) is 2.42. The molecule has 2 N–H and O–H groups in total. The molecular weight excluding hydrogens is 288 g/mol. The summed E-state index contributed by atoms with van der Waals surface area (Å²) >= 11 is 0. The molecule has 5 nitrogen and oxygen atoms in total. The van der Waals surface area contributed by atoms with Gasteiger partial charge in [-0.3, -0.25) is 9.29 Å². The Bertz CT molecular complexity index is 736. The van der Waals surface area contributed by atoms with Crippen molar-refractivity contribution in [3.05, 3.63) is 48.3 Å². The maximum absolute atomic E-state index is 13.7. The minimum absolute atomic E-state index is 0.175. The summed E-state index contributed by atoms with van der Waals surface area (Å²) in [5, 5.41) is 0. The fraction of sp³-hybridized carbons (Fsp3) is 0.0833. The highest BCUT2D eigenvalue weighted by molar-refractivity contribution is 7.92. The van der Waals surface area contributed by atoms with Crippen LogP contribution in [0, 0.1) is 11.6 Å². The number of hydrogen-bond donors (Lipinski definition) is 1. The van der Waals surface area contributed by atoms with Gasteiger partial charge in [-0.25, -0.2) is 17.2 Å². The molecule has 2 rings (SSSR count). The van der Waals surface area contributed by atoms with Crippen LogP contribution in [0.25, 0.3) is 0 Å². The van der Waals surface area contributed by atoms with Crippen LogP contribution in [0.1, 0.15) is 0 Å². The van der Waals surface area contributed by atoms with Crippen molar-refractivity contribution < 1.29 is 17.2 Å². The maximum Gasteiger partial charge on any atom is 0.267 e. The highest BCUT2D eigenvalue weighted by Crippen LogP contribution is 2.26. The summed E-state index contributed by atoms with van der Waals surface area (Å²) < 4.78 is 52.4. The van der Waals surface area contributed by atoms with E-state index in [1.54, 1.807) is 0 Å². The molecular formula is C12H11F2N3O2S. The fourth-order valence-electron chi connectivity index (χ4n) is 1.61. The van der Waals surface area contributed by atoms with Crippen molar-refractivity contribution in [2.75, 3.05) is 17.1 Å². The van der Waals surface area contributed by atoms with E-state index < -0.39 is 26.6 Å². The predicted octanol–water partition coefficient (Wildman–Crippen LogP) is 1.77. The van der Waals surface area contributed by atoms with E-state index in [2.05, 4.69) is 4.98 Å². The van der Waals surface area contributed by atoms with E-state index in [1.165, 1.54) is 31.6 Å². The number of aromatic nitrogens is 1. The Balaban J connectivity index is 2.57. The third-order valence-corrected chi connectivity index (χ3v) is 4.47. The standard InChI is InChI=1S/C12H11F2N3O2S/c1-17(9-2-4-16-5-3-9)20(18,19)11-7-8(15)6-10(13)12(11)14/h2-7H,15H2,1H3. The lowest BCUT2D eigenvalue weighted by molar-refractivity contribution is 0.485. The average Bonchev–Trinajstić information content (AvgIpc) is 2.42. The molecule has 106 valence electrons. The average molecular weight is 299 g/mol. The van der Waals surface area contributed by atoms with Gasteiger partial charge in [-0.15, -0.1) is 0 Å². The number of pyridine rings is 1. The molecule has 0 aliphatic heterocycles. The Labute approximate surface area is 114 Å². The predicted molar refractivity (Wildman–Crippen MR) is 70.6 cm³/mol. The van der Waals surface area contributed by atoms with Gasteiger partial charge in [0.1, 0.15) is 4.90 Å². The second-order valence-corrected chi connectivity index (χ2v) is 5.93. The summed E-state index contributed by atoms with van der Waals surface area (Å²) in [5.41, 5.74) is 5.45.